The highest BCUT2D eigenvalue weighted by molar-refractivity contribution is 7.14. The summed E-state index contributed by atoms with van der Waals surface area (Å²) in [6.45, 7) is 5.96. The number of nitrogens with one attached hydrogen (secondary N) is 1. The van der Waals surface area contributed by atoms with Gasteiger partial charge in [0.05, 0.1) is 35.5 Å². The van der Waals surface area contributed by atoms with Crippen LogP contribution in [-0.4, -0.2) is 26.6 Å². The maximum atomic E-state index is 9.77. The van der Waals surface area contributed by atoms with E-state index in [4.69, 9.17) is 4.74 Å². The van der Waals surface area contributed by atoms with Crippen molar-refractivity contribution in [2.24, 2.45) is 0 Å². The van der Waals surface area contributed by atoms with Crippen LogP contribution in [0.4, 0.5) is 0 Å². The van der Waals surface area contributed by atoms with Crippen molar-refractivity contribution in [1.82, 2.24) is 19.5 Å². The van der Waals surface area contributed by atoms with Crippen LogP contribution in [0.2, 0.25) is 0 Å². The van der Waals surface area contributed by atoms with Gasteiger partial charge in [-0.2, -0.15) is 10.5 Å². The van der Waals surface area contributed by atoms with Gasteiger partial charge in [0, 0.05) is 22.3 Å². The molecule has 0 aliphatic heterocycles. The van der Waals surface area contributed by atoms with Gasteiger partial charge < -0.3 is 14.3 Å². The lowest BCUT2D eigenvalue weighted by Crippen LogP contribution is -1.98. The number of pyridine rings is 1. The Morgan fingerprint density at radius 1 is 1.23 bits per heavy atom. The van der Waals surface area contributed by atoms with E-state index in [1.807, 2.05) is 39.0 Å². The molecule has 4 rings (SSSR count). The largest absolute Gasteiger partial charge is 0.481 e. The number of allylic oxidation sites excluding steroid dienone is 1. The quantitative estimate of drug-likeness (QED) is 0.488. The summed E-state index contributed by atoms with van der Waals surface area (Å²) in [5, 5.41) is 20.1. The Morgan fingerprint density at radius 2 is 2.03 bits per heavy atom. The summed E-state index contributed by atoms with van der Waals surface area (Å²) in [5.41, 5.74) is 5.31. The minimum atomic E-state index is 0.410. The van der Waals surface area contributed by atoms with E-state index < -0.39 is 0 Å². The molecule has 0 bridgehead atoms. The molecule has 0 amide bonds. The lowest BCUT2D eigenvalue weighted by molar-refractivity contribution is 0.398. The summed E-state index contributed by atoms with van der Waals surface area (Å²) in [7, 11) is 1.55. The van der Waals surface area contributed by atoms with Crippen molar-refractivity contribution >= 4 is 34.0 Å². The van der Waals surface area contributed by atoms with Gasteiger partial charge in [-0.05, 0) is 44.5 Å². The van der Waals surface area contributed by atoms with E-state index in [2.05, 4.69) is 31.7 Å². The number of nitrogens with zero attached hydrogens (tertiary/aromatic N) is 5. The number of fused-ring (bicyclic) bond motifs is 1. The van der Waals surface area contributed by atoms with E-state index in [1.165, 1.54) is 0 Å². The smallest absolute Gasteiger partial charge is 0.215 e. The van der Waals surface area contributed by atoms with Crippen LogP contribution in [0.15, 0.2) is 24.4 Å². The Hall–Kier alpha value is -3.88. The van der Waals surface area contributed by atoms with Crippen molar-refractivity contribution in [2.75, 3.05) is 7.11 Å². The van der Waals surface area contributed by atoms with Gasteiger partial charge in [-0.1, -0.05) is 0 Å². The van der Waals surface area contributed by atoms with Crippen LogP contribution in [0.1, 0.15) is 33.2 Å². The molecule has 30 heavy (non-hydrogen) atoms. The fraction of sp³-hybridized carbons (Fsp3) is 0.182. The number of imidazole rings is 1. The molecule has 0 unspecified atom stereocenters. The molecule has 0 atom stereocenters. The fourth-order valence-corrected chi connectivity index (χ4v) is 4.50. The summed E-state index contributed by atoms with van der Waals surface area (Å²) >= 11 is 1.58. The maximum absolute atomic E-state index is 9.77. The molecule has 4 aromatic rings. The second-order valence-corrected chi connectivity index (χ2v) is 8.08. The second kappa shape index (κ2) is 7.51. The average Bonchev–Trinajstić information content (AvgIpc) is 3.40. The van der Waals surface area contributed by atoms with Crippen molar-refractivity contribution in [3.63, 3.8) is 0 Å². The number of rotatable bonds is 4. The standard InChI is InChI=1S/C22H18N6OS/c1-12-5-15(14(3)28(12)22-17(10-24)6-13(2)30-22)7-16(9-23)21-26-18-8-20(29-4)25-11-19(18)27-21/h5-8,11H,1-4H3,(H,26,27). The van der Waals surface area contributed by atoms with Crippen molar-refractivity contribution in [1.29, 1.82) is 10.5 Å². The average molecular weight is 414 g/mol. The monoisotopic (exact) mass is 414 g/mol. The predicted octanol–water partition coefficient (Wildman–Crippen LogP) is 4.68. The van der Waals surface area contributed by atoms with Crippen LogP contribution in [-0.2, 0) is 0 Å². The van der Waals surface area contributed by atoms with Crippen molar-refractivity contribution < 1.29 is 4.74 Å². The first-order valence-corrected chi connectivity index (χ1v) is 9.98. The van der Waals surface area contributed by atoms with Crippen LogP contribution in [0.25, 0.3) is 27.7 Å². The molecule has 0 aliphatic rings. The van der Waals surface area contributed by atoms with Gasteiger partial charge >= 0.3 is 0 Å². The molecular weight excluding hydrogens is 396 g/mol. The number of H-pyrrole nitrogens is 1. The van der Waals surface area contributed by atoms with Gasteiger partial charge in [-0.15, -0.1) is 11.3 Å². The van der Waals surface area contributed by atoms with E-state index in [1.54, 1.807) is 30.7 Å². The Morgan fingerprint density at radius 3 is 2.73 bits per heavy atom. The highest BCUT2D eigenvalue weighted by Gasteiger charge is 2.17. The number of aryl methyl sites for hydroxylation is 2. The van der Waals surface area contributed by atoms with E-state index in [0.717, 1.165) is 32.3 Å². The molecule has 0 aromatic carbocycles. The predicted molar refractivity (Wildman–Crippen MR) is 116 cm³/mol. The Balaban J connectivity index is 1.81. The van der Waals surface area contributed by atoms with E-state index >= 15 is 0 Å². The third kappa shape index (κ3) is 3.24. The number of aromatic nitrogens is 4. The Labute approximate surface area is 177 Å². The third-order valence-electron chi connectivity index (χ3n) is 4.86. The van der Waals surface area contributed by atoms with Crippen LogP contribution in [0.5, 0.6) is 5.88 Å². The van der Waals surface area contributed by atoms with Gasteiger partial charge in [0.25, 0.3) is 0 Å². The SMILES string of the molecule is COc1cc2nc(C(C#N)=Cc3cc(C)n(-c4sc(C)cc4C#N)c3C)[nH]c2cn1. The van der Waals surface area contributed by atoms with E-state index in [9.17, 15) is 10.5 Å². The van der Waals surface area contributed by atoms with Crippen LogP contribution in [0.3, 0.4) is 0 Å². The molecule has 4 heterocycles. The molecule has 0 aliphatic carbocycles. The van der Waals surface area contributed by atoms with Gasteiger partial charge in [-0.3, -0.25) is 0 Å². The van der Waals surface area contributed by atoms with Gasteiger partial charge in [0.15, 0.2) is 0 Å². The number of aromatic amines is 1. The second-order valence-electron chi connectivity index (χ2n) is 6.85. The summed E-state index contributed by atoms with van der Waals surface area (Å²) in [6, 6.07) is 10.1. The van der Waals surface area contributed by atoms with E-state index in [-0.39, 0.29) is 0 Å². The lowest BCUT2D eigenvalue weighted by Gasteiger charge is -2.07. The third-order valence-corrected chi connectivity index (χ3v) is 5.89. The van der Waals surface area contributed by atoms with Gasteiger partial charge in [0.2, 0.25) is 5.88 Å². The van der Waals surface area contributed by atoms with Crippen molar-refractivity contribution in [3.05, 3.63) is 57.6 Å². The molecule has 0 saturated carbocycles. The number of nitriles is 2. The molecule has 0 spiro atoms. The first-order valence-electron chi connectivity index (χ1n) is 9.17. The molecule has 0 fully saturated rings. The highest BCUT2D eigenvalue weighted by atomic mass is 32.1. The number of thiophene rings is 1. The molecular formula is C22H18N6OS. The number of hydrogen-bond donors (Lipinski definition) is 1. The highest BCUT2D eigenvalue weighted by Crippen LogP contribution is 2.31. The summed E-state index contributed by atoms with van der Waals surface area (Å²) in [5.74, 6) is 0.933. The van der Waals surface area contributed by atoms with Crippen LogP contribution < -0.4 is 4.74 Å². The minimum Gasteiger partial charge on any atom is -0.481 e. The number of hydrogen-bond acceptors (Lipinski definition) is 6. The molecule has 4 aromatic heterocycles. The summed E-state index contributed by atoms with van der Waals surface area (Å²) in [6.07, 6.45) is 3.45. The maximum Gasteiger partial charge on any atom is 0.215 e. The lowest BCUT2D eigenvalue weighted by atomic mass is 10.1. The zero-order chi connectivity index (χ0) is 21.4. The van der Waals surface area contributed by atoms with Crippen LogP contribution in [0, 0.1) is 43.4 Å². The number of methoxy groups -OCH3 is 1. The summed E-state index contributed by atoms with van der Waals surface area (Å²) in [4.78, 5) is 12.9. The summed E-state index contributed by atoms with van der Waals surface area (Å²) < 4.78 is 7.20. The van der Waals surface area contributed by atoms with Gasteiger partial charge in [0.1, 0.15) is 23.0 Å². The molecule has 8 heteroatoms. The normalized spacial score (nSPS) is 11.5. The molecule has 0 saturated heterocycles. The first kappa shape index (κ1) is 19.4. The zero-order valence-electron chi connectivity index (χ0n) is 16.9. The van der Waals surface area contributed by atoms with E-state index in [0.29, 0.717) is 28.4 Å². The van der Waals surface area contributed by atoms with Crippen LogP contribution >= 0.6 is 11.3 Å². The molecule has 148 valence electrons. The molecule has 7 nitrogen and oxygen atoms in total. The first-order chi connectivity index (χ1) is 14.4. The molecule has 0 radical (unpaired) electrons. The number of ether oxygens (including phenoxy) is 1. The zero-order valence-corrected chi connectivity index (χ0v) is 17.8. The van der Waals surface area contributed by atoms with Gasteiger partial charge in [-0.25, -0.2) is 9.97 Å². The molecule has 1 N–H and O–H groups in total. The Kier molecular flexibility index (Phi) is 4.86. The topological polar surface area (TPSA) is 103 Å². The van der Waals surface area contributed by atoms with Crippen molar-refractivity contribution in [3.8, 4) is 23.0 Å². The minimum absolute atomic E-state index is 0.410. The Bertz CT molecular complexity index is 1390. The fourth-order valence-electron chi connectivity index (χ4n) is 3.43. The van der Waals surface area contributed by atoms with Crippen molar-refractivity contribution in [2.45, 2.75) is 20.8 Å².